The number of halogens is 3. The fraction of sp³-hybridized carbons (Fsp3) is 0.423. The number of carbonyl (C=O) groups is 1. The molecule has 1 aromatic carbocycles. The van der Waals surface area contributed by atoms with Crippen molar-refractivity contribution in [3.63, 3.8) is 0 Å². The monoisotopic (exact) mass is 526 g/mol. The van der Waals surface area contributed by atoms with Crippen molar-refractivity contribution in [2.45, 2.75) is 46.3 Å². The molecule has 0 saturated carbocycles. The number of alkyl halides is 3. The number of rotatable bonds is 6. The highest BCUT2D eigenvalue weighted by molar-refractivity contribution is 5.76. The van der Waals surface area contributed by atoms with Crippen LogP contribution < -0.4 is 0 Å². The van der Waals surface area contributed by atoms with Crippen molar-refractivity contribution in [1.29, 1.82) is 0 Å². The van der Waals surface area contributed by atoms with Gasteiger partial charge in [-0.15, -0.1) is 15.3 Å². The fourth-order valence-corrected chi connectivity index (χ4v) is 4.86. The lowest BCUT2D eigenvalue weighted by Crippen LogP contribution is -2.48. The van der Waals surface area contributed by atoms with Crippen molar-refractivity contribution in [3.8, 4) is 5.82 Å². The molecular weight excluding hydrogens is 497 g/mol. The van der Waals surface area contributed by atoms with Crippen LogP contribution in [0.4, 0.5) is 13.2 Å². The van der Waals surface area contributed by atoms with E-state index in [-0.39, 0.29) is 5.91 Å². The minimum atomic E-state index is -4.33. The summed E-state index contributed by atoms with van der Waals surface area (Å²) in [6.45, 7) is 8.86. The van der Waals surface area contributed by atoms with Gasteiger partial charge in [-0.3, -0.25) is 9.69 Å². The van der Waals surface area contributed by atoms with Crippen LogP contribution in [0.15, 0.2) is 36.4 Å². The van der Waals surface area contributed by atoms with Crippen LogP contribution in [-0.4, -0.2) is 71.5 Å². The number of hydrogen-bond acceptors (Lipinski definition) is 6. The van der Waals surface area contributed by atoms with Gasteiger partial charge in [0.2, 0.25) is 5.91 Å². The highest BCUT2D eigenvalue weighted by Crippen LogP contribution is 2.29. The molecule has 38 heavy (non-hydrogen) atoms. The van der Waals surface area contributed by atoms with Crippen molar-refractivity contribution >= 4 is 11.6 Å². The molecule has 200 valence electrons. The van der Waals surface area contributed by atoms with Crippen LogP contribution in [0.2, 0.25) is 0 Å². The Morgan fingerprint density at radius 3 is 2.32 bits per heavy atom. The van der Waals surface area contributed by atoms with Crippen LogP contribution in [-0.2, 0) is 23.9 Å². The van der Waals surface area contributed by atoms with Crippen molar-refractivity contribution in [2.75, 3.05) is 26.2 Å². The van der Waals surface area contributed by atoms with E-state index >= 15 is 0 Å². The zero-order chi connectivity index (χ0) is 27.0. The second kappa shape index (κ2) is 10.2. The molecule has 4 heterocycles. The number of aromatic nitrogens is 6. The van der Waals surface area contributed by atoms with E-state index in [9.17, 15) is 18.0 Å². The Bertz CT molecular complexity index is 1450. The maximum Gasteiger partial charge on any atom is 0.416 e. The van der Waals surface area contributed by atoms with Gasteiger partial charge < -0.3 is 4.90 Å². The van der Waals surface area contributed by atoms with Crippen molar-refractivity contribution in [2.24, 2.45) is 0 Å². The number of benzene rings is 1. The van der Waals surface area contributed by atoms with E-state index in [4.69, 9.17) is 0 Å². The average Bonchev–Trinajstić information content (AvgIpc) is 3.40. The maximum atomic E-state index is 13.0. The molecule has 1 aliphatic heterocycles. The van der Waals surface area contributed by atoms with Crippen LogP contribution in [0.1, 0.15) is 40.3 Å². The molecule has 12 heteroatoms. The van der Waals surface area contributed by atoms with E-state index in [1.54, 1.807) is 9.20 Å². The Labute approximate surface area is 217 Å². The third-order valence-electron chi connectivity index (χ3n) is 7.06. The van der Waals surface area contributed by atoms with Crippen molar-refractivity contribution in [3.05, 3.63) is 70.3 Å². The van der Waals surface area contributed by atoms with E-state index < -0.39 is 11.7 Å². The Morgan fingerprint density at radius 2 is 1.63 bits per heavy atom. The average molecular weight is 527 g/mol. The Balaban J connectivity index is 1.16. The second-order valence-electron chi connectivity index (χ2n) is 9.62. The summed E-state index contributed by atoms with van der Waals surface area (Å²) in [7, 11) is 0. The number of aryl methyl sites for hydroxylation is 2. The molecule has 1 amide bonds. The first-order chi connectivity index (χ1) is 18.1. The van der Waals surface area contributed by atoms with Gasteiger partial charge in [0.25, 0.3) is 0 Å². The van der Waals surface area contributed by atoms with E-state index in [1.807, 2.05) is 37.8 Å². The van der Waals surface area contributed by atoms with Gasteiger partial charge in [0, 0.05) is 44.8 Å². The lowest BCUT2D eigenvalue weighted by Gasteiger charge is -2.35. The van der Waals surface area contributed by atoms with Crippen molar-refractivity contribution in [1.82, 2.24) is 39.4 Å². The molecule has 4 aromatic rings. The minimum Gasteiger partial charge on any atom is -0.340 e. The predicted octanol–water partition coefficient (Wildman–Crippen LogP) is 3.53. The highest BCUT2D eigenvalue weighted by atomic mass is 19.4. The molecule has 3 aromatic heterocycles. The minimum absolute atomic E-state index is 0.0883. The lowest BCUT2D eigenvalue weighted by atomic mass is 10.1. The quantitative estimate of drug-likeness (QED) is 0.382. The van der Waals surface area contributed by atoms with Crippen molar-refractivity contribution < 1.29 is 18.0 Å². The van der Waals surface area contributed by atoms with Crippen LogP contribution in [0.3, 0.4) is 0 Å². The van der Waals surface area contributed by atoms with Gasteiger partial charge in [-0.2, -0.15) is 22.8 Å². The summed E-state index contributed by atoms with van der Waals surface area (Å²) in [5.74, 6) is 1.43. The smallest absolute Gasteiger partial charge is 0.340 e. The fourth-order valence-electron chi connectivity index (χ4n) is 4.86. The van der Waals surface area contributed by atoms with Gasteiger partial charge in [0.15, 0.2) is 17.3 Å². The van der Waals surface area contributed by atoms with Crippen LogP contribution in [0.5, 0.6) is 0 Å². The molecular formula is C26H29F3N8O. The van der Waals surface area contributed by atoms with Crippen LogP contribution >= 0.6 is 0 Å². The topological polar surface area (TPSA) is 84.4 Å². The third kappa shape index (κ3) is 5.26. The lowest BCUT2D eigenvalue weighted by molar-refractivity contribution is -0.137. The normalized spacial score (nSPS) is 14.9. The predicted molar refractivity (Wildman–Crippen MR) is 134 cm³/mol. The highest BCUT2D eigenvalue weighted by Gasteiger charge is 2.30. The molecule has 0 unspecified atom stereocenters. The first-order valence-electron chi connectivity index (χ1n) is 12.5. The summed E-state index contributed by atoms with van der Waals surface area (Å²) < 4.78 is 41.8. The largest absolute Gasteiger partial charge is 0.416 e. The molecule has 0 spiro atoms. The van der Waals surface area contributed by atoms with E-state index in [1.165, 1.54) is 12.1 Å². The van der Waals surface area contributed by atoms with Gasteiger partial charge >= 0.3 is 6.18 Å². The molecule has 5 rings (SSSR count). The zero-order valence-electron chi connectivity index (χ0n) is 21.5. The zero-order valence-corrected chi connectivity index (χ0v) is 21.5. The van der Waals surface area contributed by atoms with Gasteiger partial charge in [0.05, 0.1) is 11.3 Å². The van der Waals surface area contributed by atoms with Gasteiger partial charge in [-0.25, -0.2) is 4.68 Å². The first kappa shape index (κ1) is 25.8. The summed E-state index contributed by atoms with van der Waals surface area (Å²) in [6.07, 6.45) is -3.37. The Kier molecular flexibility index (Phi) is 6.91. The first-order valence-corrected chi connectivity index (χ1v) is 12.5. The summed E-state index contributed by atoms with van der Waals surface area (Å²) in [4.78, 5) is 17.0. The van der Waals surface area contributed by atoms with Crippen LogP contribution in [0, 0.1) is 20.8 Å². The third-order valence-corrected chi connectivity index (χ3v) is 7.06. The number of piperazine rings is 1. The number of fused-ring (bicyclic) bond motifs is 1. The standard InChI is InChI=1S/C26H29F3N8O/c1-17-22(18(2)36(32-17)24-10-9-23-31-30-19(3)37(23)33-24)8-11-25(38)35-14-12-34(13-15-35)16-20-4-6-21(7-5-20)26(27,28)29/h4-7,9-10H,8,11-16H2,1-3H3. The summed E-state index contributed by atoms with van der Waals surface area (Å²) in [6, 6.07) is 8.97. The number of nitrogens with zero attached hydrogens (tertiary/aromatic N) is 8. The van der Waals surface area contributed by atoms with E-state index in [0.717, 1.165) is 34.6 Å². The second-order valence-corrected chi connectivity index (χ2v) is 9.62. The Hall–Kier alpha value is -3.80. The maximum absolute atomic E-state index is 13.0. The van der Waals surface area contributed by atoms with E-state index in [0.29, 0.717) is 62.9 Å². The molecule has 0 radical (unpaired) electrons. The SMILES string of the molecule is Cc1nn(-c2ccc3nnc(C)n3n2)c(C)c1CCC(=O)N1CCN(Cc2ccc(C(F)(F)F)cc2)CC1. The molecule has 1 saturated heterocycles. The molecule has 0 bridgehead atoms. The molecule has 1 fully saturated rings. The summed E-state index contributed by atoms with van der Waals surface area (Å²) in [5, 5.41) is 17.4. The molecule has 9 nitrogen and oxygen atoms in total. The Morgan fingerprint density at radius 1 is 0.921 bits per heavy atom. The van der Waals surface area contributed by atoms with Crippen LogP contribution in [0.25, 0.3) is 11.5 Å². The summed E-state index contributed by atoms with van der Waals surface area (Å²) in [5.41, 5.74) is 3.68. The van der Waals surface area contributed by atoms with Gasteiger partial charge in [-0.1, -0.05) is 12.1 Å². The number of hydrogen-bond donors (Lipinski definition) is 0. The van der Waals surface area contributed by atoms with Gasteiger partial charge in [0.1, 0.15) is 0 Å². The molecule has 1 aliphatic rings. The number of amides is 1. The van der Waals surface area contributed by atoms with Gasteiger partial charge in [-0.05, 0) is 62.6 Å². The summed E-state index contributed by atoms with van der Waals surface area (Å²) >= 11 is 0. The molecule has 0 N–H and O–H groups in total. The molecule has 0 aliphatic carbocycles. The number of carbonyl (C=O) groups excluding carboxylic acids is 1. The van der Waals surface area contributed by atoms with E-state index in [2.05, 4.69) is 25.3 Å². The molecule has 0 atom stereocenters.